The summed E-state index contributed by atoms with van der Waals surface area (Å²) >= 11 is 0. The fourth-order valence-electron chi connectivity index (χ4n) is 2.71. The van der Waals surface area contributed by atoms with E-state index in [2.05, 4.69) is 51.2 Å². The number of halogens is 1. The van der Waals surface area contributed by atoms with E-state index in [1.807, 2.05) is 12.1 Å². The highest BCUT2D eigenvalue weighted by Gasteiger charge is 2.13. The lowest BCUT2D eigenvalue weighted by Gasteiger charge is -2.22. The molecule has 0 bridgehead atoms. The van der Waals surface area contributed by atoms with Crippen molar-refractivity contribution in [2.75, 3.05) is 0 Å². The molecule has 2 aromatic rings. The monoisotopic (exact) mass is 285 g/mol. The van der Waals surface area contributed by atoms with Crippen LogP contribution >= 0.6 is 0 Å². The van der Waals surface area contributed by atoms with Gasteiger partial charge in [-0.3, -0.25) is 0 Å². The van der Waals surface area contributed by atoms with Gasteiger partial charge in [-0.25, -0.2) is 4.39 Å². The molecule has 0 heterocycles. The van der Waals surface area contributed by atoms with E-state index in [1.54, 1.807) is 13.0 Å². The van der Waals surface area contributed by atoms with Crippen molar-refractivity contribution in [1.29, 1.82) is 0 Å². The van der Waals surface area contributed by atoms with Crippen LogP contribution in [0.15, 0.2) is 36.4 Å². The van der Waals surface area contributed by atoms with Gasteiger partial charge in [-0.15, -0.1) is 0 Å². The van der Waals surface area contributed by atoms with Crippen LogP contribution < -0.4 is 5.32 Å². The number of hydrogen-bond donors (Lipinski definition) is 1. The topological polar surface area (TPSA) is 12.0 Å². The van der Waals surface area contributed by atoms with Crippen molar-refractivity contribution in [2.45, 2.75) is 46.7 Å². The van der Waals surface area contributed by atoms with Gasteiger partial charge in [0.25, 0.3) is 0 Å². The van der Waals surface area contributed by atoms with Gasteiger partial charge in [0.15, 0.2) is 0 Å². The fraction of sp³-hybridized carbons (Fsp3) is 0.368. The molecule has 0 saturated heterocycles. The highest BCUT2D eigenvalue weighted by molar-refractivity contribution is 5.31. The summed E-state index contributed by atoms with van der Waals surface area (Å²) in [6, 6.07) is 12.4. The van der Waals surface area contributed by atoms with Crippen LogP contribution in [-0.2, 0) is 0 Å². The SMILES string of the molecule is Cc1cc(C)cc(C(C)NC(C)c2ccc(C)c(F)c2)c1. The van der Waals surface area contributed by atoms with E-state index in [1.165, 1.54) is 16.7 Å². The van der Waals surface area contributed by atoms with Crippen molar-refractivity contribution in [3.63, 3.8) is 0 Å². The van der Waals surface area contributed by atoms with Crippen LogP contribution in [0.3, 0.4) is 0 Å². The molecule has 0 saturated carbocycles. The van der Waals surface area contributed by atoms with E-state index in [9.17, 15) is 4.39 Å². The predicted molar refractivity (Wildman–Crippen MR) is 87.0 cm³/mol. The Kier molecular flexibility index (Phi) is 4.79. The predicted octanol–water partition coefficient (Wildman–Crippen LogP) is 5.16. The summed E-state index contributed by atoms with van der Waals surface area (Å²) in [5, 5.41) is 3.55. The van der Waals surface area contributed by atoms with Crippen LogP contribution in [0.2, 0.25) is 0 Å². The van der Waals surface area contributed by atoms with Crippen molar-refractivity contribution in [3.05, 3.63) is 70.0 Å². The average Bonchev–Trinajstić information content (AvgIpc) is 2.40. The molecule has 0 aliphatic rings. The maximum atomic E-state index is 13.7. The summed E-state index contributed by atoms with van der Waals surface area (Å²) in [4.78, 5) is 0. The average molecular weight is 285 g/mol. The molecule has 2 heteroatoms. The van der Waals surface area contributed by atoms with Gasteiger partial charge in [-0.2, -0.15) is 0 Å². The highest BCUT2D eigenvalue weighted by Crippen LogP contribution is 2.22. The third kappa shape index (κ3) is 3.92. The Labute approximate surface area is 127 Å². The highest BCUT2D eigenvalue weighted by atomic mass is 19.1. The van der Waals surface area contributed by atoms with Gasteiger partial charge in [-0.1, -0.05) is 41.5 Å². The van der Waals surface area contributed by atoms with Crippen molar-refractivity contribution in [3.8, 4) is 0 Å². The lowest BCUT2D eigenvalue weighted by atomic mass is 10.00. The minimum absolute atomic E-state index is 0.107. The third-order valence-corrected chi connectivity index (χ3v) is 3.94. The normalized spacial score (nSPS) is 14.0. The quantitative estimate of drug-likeness (QED) is 0.818. The number of rotatable bonds is 4. The molecule has 1 nitrogen and oxygen atoms in total. The summed E-state index contributed by atoms with van der Waals surface area (Å²) < 4.78 is 13.7. The second-order valence-corrected chi connectivity index (χ2v) is 6.04. The van der Waals surface area contributed by atoms with Crippen LogP contribution in [0.4, 0.5) is 4.39 Å². The Hall–Kier alpha value is -1.67. The molecule has 2 rings (SSSR count). The zero-order valence-corrected chi connectivity index (χ0v) is 13.5. The Morgan fingerprint density at radius 1 is 0.810 bits per heavy atom. The van der Waals surface area contributed by atoms with E-state index in [-0.39, 0.29) is 17.9 Å². The summed E-state index contributed by atoms with van der Waals surface area (Å²) in [6.45, 7) is 10.2. The first-order valence-corrected chi connectivity index (χ1v) is 7.47. The van der Waals surface area contributed by atoms with Crippen LogP contribution in [0.1, 0.15) is 53.7 Å². The molecule has 0 amide bonds. The van der Waals surface area contributed by atoms with Crippen LogP contribution in [0.25, 0.3) is 0 Å². The van der Waals surface area contributed by atoms with Gasteiger partial charge >= 0.3 is 0 Å². The fourth-order valence-corrected chi connectivity index (χ4v) is 2.71. The molecule has 0 spiro atoms. The minimum Gasteiger partial charge on any atom is -0.304 e. The van der Waals surface area contributed by atoms with Crippen LogP contribution in [0.5, 0.6) is 0 Å². The smallest absolute Gasteiger partial charge is 0.126 e. The molecule has 112 valence electrons. The summed E-state index contributed by atoms with van der Waals surface area (Å²) in [7, 11) is 0. The first kappa shape index (κ1) is 15.7. The Morgan fingerprint density at radius 2 is 1.38 bits per heavy atom. The lowest BCUT2D eigenvalue weighted by molar-refractivity contribution is 0.491. The van der Waals surface area contributed by atoms with Crippen molar-refractivity contribution in [1.82, 2.24) is 5.32 Å². The molecule has 0 aromatic heterocycles. The standard InChI is InChI=1S/C19H24FN/c1-12-8-13(2)10-18(9-12)16(5)21-15(4)17-7-6-14(3)19(20)11-17/h6-11,15-16,21H,1-5H3. The summed E-state index contributed by atoms with van der Waals surface area (Å²) in [5.41, 5.74) is 5.48. The van der Waals surface area contributed by atoms with Crippen molar-refractivity contribution >= 4 is 0 Å². The molecule has 2 aromatic carbocycles. The van der Waals surface area contributed by atoms with Crippen LogP contribution in [-0.4, -0.2) is 0 Å². The molecule has 0 fully saturated rings. The van der Waals surface area contributed by atoms with Crippen molar-refractivity contribution in [2.24, 2.45) is 0 Å². The van der Waals surface area contributed by atoms with Crippen LogP contribution in [0, 0.1) is 26.6 Å². The summed E-state index contributed by atoms with van der Waals surface area (Å²) in [5.74, 6) is -0.139. The third-order valence-electron chi connectivity index (χ3n) is 3.94. The Balaban J connectivity index is 2.14. The van der Waals surface area contributed by atoms with Gasteiger partial charge < -0.3 is 5.32 Å². The molecular weight excluding hydrogens is 261 g/mol. The van der Waals surface area contributed by atoms with Gasteiger partial charge in [0.2, 0.25) is 0 Å². The molecule has 0 aliphatic heterocycles. The maximum Gasteiger partial charge on any atom is 0.126 e. The van der Waals surface area contributed by atoms with E-state index >= 15 is 0 Å². The molecule has 0 aliphatic carbocycles. The van der Waals surface area contributed by atoms with Gasteiger partial charge in [0.1, 0.15) is 5.82 Å². The maximum absolute atomic E-state index is 13.7. The Bertz CT molecular complexity index is 613. The molecule has 1 N–H and O–H groups in total. The zero-order chi connectivity index (χ0) is 15.6. The second-order valence-electron chi connectivity index (χ2n) is 6.04. The van der Waals surface area contributed by atoms with E-state index in [0.717, 1.165) is 5.56 Å². The molecule has 21 heavy (non-hydrogen) atoms. The minimum atomic E-state index is -0.139. The number of aryl methyl sites for hydroxylation is 3. The molecule has 2 unspecified atom stereocenters. The van der Waals surface area contributed by atoms with E-state index < -0.39 is 0 Å². The number of benzene rings is 2. The largest absolute Gasteiger partial charge is 0.304 e. The lowest BCUT2D eigenvalue weighted by Crippen LogP contribution is -2.22. The van der Waals surface area contributed by atoms with Crippen molar-refractivity contribution < 1.29 is 4.39 Å². The van der Waals surface area contributed by atoms with E-state index in [0.29, 0.717) is 5.56 Å². The second kappa shape index (κ2) is 6.40. The Morgan fingerprint density at radius 3 is 1.95 bits per heavy atom. The first-order chi connectivity index (χ1) is 9.86. The van der Waals surface area contributed by atoms with Gasteiger partial charge in [-0.05, 0) is 57.4 Å². The van der Waals surface area contributed by atoms with Gasteiger partial charge in [0, 0.05) is 12.1 Å². The first-order valence-electron chi connectivity index (χ1n) is 7.47. The van der Waals surface area contributed by atoms with E-state index in [4.69, 9.17) is 0 Å². The number of hydrogen-bond acceptors (Lipinski definition) is 1. The zero-order valence-electron chi connectivity index (χ0n) is 13.5. The molecule has 2 atom stereocenters. The van der Waals surface area contributed by atoms with Gasteiger partial charge in [0.05, 0.1) is 0 Å². The molecular formula is C19H24FN. The number of nitrogens with one attached hydrogen (secondary N) is 1. The molecule has 0 radical (unpaired) electrons. The summed E-state index contributed by atoms with van der Waals surface area (Å²) in [6.07, 6.45) is 0.